The molecule has 1 radical (unpaired) electrons. The van der Waals surface area contributed by atoms with Gasteiger partial charge in [0.25, 0.3) is 0 Å². The fourth-order valence-corrected chi connectivity index (χ4v) is 1.97. The predicted octanol–water partition coefficient (Wildman–Crippen LogP) is 1.51. The molecule has 15 heavy (non-hydrogen) atoms. The van der Waals surface area contributed by atoms with E-state index in [-0.39, 0.29) is 44.6 Å². The quantitative estimate of drug-likeness (QED) is 0.632. The summed E-state index contributed by atoms with van der Waals surface area (Å²) in [4.78, 5) is 11.3. The first-order valence-electron chi connectivity index (χ1n) is 5.07. The summed E-state index contributed by atoms with van der Waals surface area (Å²) in [6.07, 6.45) is 3.55. The van der Waals surface area contributed by atoms with Crippen LogP contribution in [0, 0.1) is 18.8 Å². The van der Waals surface area contributed by atoms with Crippen molar-refractivity contribution >= 4 is 5.97 Å². The summed E-state index contributed by atoms with van der Waals surface area (Å²) in [7, 11) is 1.37. The van der Waals surface area contributed by atoms with E-state index >= 15 is 0 Å². The Labute approximate surface area is 117 Å². The van der Waals surface area contributed by atoms with Crippen LogP contribution in [0.5, 0.6) is 0 Å². The Balaban J connectivity index is 0.00000196. The summed E-state index contributed by atoms with van der Waals surface area (Å²) < 4.78 is 4.66. The molecule has 0 amide bonds. The molecule has 4 heteroatoms. The molecule has 0 saturated heterocycles. The van der Waals surface area contributed by atoms with Crippen molar-refractivity contribution in [2.24, 2.45) is 5.92 Å². The molecule has 1 aliphatic carbocycles. The Morgan fingerprint density at radius 2 is 2.33 bits per heavy atom. The molecule has 0 heterocycles. The number of esters is 1. The molecule has 1 N–H and O–H groups in total. The second-order valence-corrected chi connectivity index (χ2v) is 3.79. The van der Waals surface area contributed by atoms with Crippen molar-refractivity contribution in [1.29, 1.82) is 0 Å². The smallest absolute Gasteiger partial charge is 0.308 e. The molecule has 0 aromatic heterocycles. The van der Waals surface area contributed by atoms with Crippen LogP contribution in [0.25, 0.3) is 0 Å². The molecule has 0 aromatic carbocycles. The number of hydrogen-bond donors (Lipinski definition) is 1. The zero-order chi connectivity index (χ0) is 10.6. The van der Waals surface area contributed by atoms with Crippen LogP contribution in [-0.4, -0.2) is 24.3 Å². The number of aliphatic hydroxyl groups is 1. The summed E-state index contributed by atoms with van der Waals surface area (Å²) >= 11 is 0. The van der Waals surface area contributed by atoms with Crippen molar-refractivity contribution in [3.63, 3.8) is 0 Å². The summed E-state index contributed by atoms with van der Waals surface area (Å²) in [6, 6.07) is 0. The molecule has 0 bridgehead atoms. The second kappa shape index (κ2) is 7.75. The average Bonchev–Trinajstić information content (AvgIpc) is 2.20. The van der Waals surface area contributed by atoms with Crippen LogP contribution in [-0.2, 0) is 42.2 Å². The first-order valence-corrected chi connectivity index (χ1v) is 5.07. The molecule has 0 aromatic rings. The third-order valence-electron chi connectivity index (χ3n) is 2.80. The summed E-state index contributed by atoms with van der Waals surface area (Å²) in [6.45, 7) is 3.79. The Morgan fingerprint density at radius 3 is 2.87 bits per heavy atom. The van der Waals surface area contributed by atoms with Crippen LogP contribution in [0.15, 0.2) is 0 Å². The van der Waals surface area contributed by atoms with Gasteiger partial charge in [0.05, 0.1) is 19.1 Å². The van der Waals surface area contributed by atoms with Crippen molar-refractivity contribution in [1.82, 2.24) is 0 Å². The van der Waals surface area contributed by atoms with Gasteiger partial charge in [-0.15, -0.1) is 0 Å². The monoisotopic (exact) mass is 287 g/mol. The normalized spacial score (nSPS) is 26.9. The maximum atomic E-state index is 11.3. The van der Waals surface area contributed by atoms with E-state index in [0.717, 1.165) is 19.3 Å². The topological polar surface area (TPSA) is 46.5 Å². The molecular weight excluding hydrogens is 269 g/mol. The standard InChI is InChI=1S/C11H18O3.Y/c1-3-4-8-5-6-10(12)9(7-8)11(13)14-2;/h9-10,12H,1,3-7H2,2H3;/q-2;. The molecular formula is C11H18O3Y-2. The summed E-state index contributed by atoms with van der Waals surface area (Å²) in [5.74, 6) is 0.690. The van der Waals surface area contributed by atoms with Crippen molar-refractivity contribution in [2.75, 3.05) is 7.11 Å². The van der Waals surface area contributed by atoms with E-state index in [1.807, 2.05) is 0 Å². The zero-order valence-corrected chi connectivity index (χ0v) is 12.1. The van der Waals surface area contributed by atoms with Gasteiger partial charge in [0.15, 0.2) is 0 Å². The van der Waals surface area contributed by atoms with Gasteiger partial charge in [0.2, 0.25) is 0 Å². The Hall–Kier alpha value is 0.534. The van der Waals surface area contributed by atoms with E-state index in [9.17, 15) is 9.90 Å². The Bertz CT molecular complexity index is 196. The number of hydrogen-bond acceptors (Lipinski definition) is 3. The fraction of sp³-hybridized carbons (Fsp3) is 0.727. The maximum absolute atomic E-state index is 11.3. The molecule has 1 aliphatic rings. The van der Waals surface area contributed by atoms with Crippen molar-refractivity contribution in [2.45, 2.75) is 38.2 Å². The van der Waals surface area contributed by atoms with Crippen LogP contribution in [0.2, 0.25) is 0 Å². The van der Waals surface area contributed by atoms with E-state index in [2.05, 4.69) is 11.7 Å². The minimum Gasteiger partial charge on any atom is -0.469 e. The van der Waals surface area contributed by atoms with Crippen molar-refractivity contribution < 1.29 is 47.3 Å². The molecule has 0 aliphatic heterocycles. The minimum absolute atomic E-state index is 0. The van der Waals surface area contributed by atoms with Crippen molar-refractivity contribution in [3.05, 3.63) is 12.8 Å². The van der Waals surface area contributed by atoms with Gasteiger partial charge < -0.3 is 22.7 Å². The first-order chi connectivity index (χ1) is 6.69. The van der Waals surface area contributed by atoms with Gasteiger partial charge >= 0.3 is 5.97 Å². The van der Waals surface area contributed by atoms with Crippen LogP contribution < -0.4 is 0 Å². The van der Waals surface area contributed by atoms with Crippen LogP contribution in [0.4, 0.5) is 0 Å². The van der Waals surface area contributed by atoms with Crippen molar-refractivity contribution in [3.8, 4) is 0 Å². The van der Waals surface area contributed by atoms with Gasteiger partial charge in [-0.1, -0.05) is 6.42 Å². The van der Waals surface area contributed by atoms with E-state index in [4.69, 9.17) is 0 Å². The van der Waals surface area contributed by atoms with Crippen LogP contribution in [0.1, 0.15) is 32.1 Å². The Morgan fingerprint density at radius 1 is 1.67 bits per heavy atom. The van der Waals surface area contributed by atoms with Gasteiger partial charge in [-0.25, -0.2) is 12.8 Å². The van der Waals surface area contributed by atoms with E-state index in [1.165, 1.54) is 13.0 Å². The van der Waals surface area contributed by atoms with E-state index < -0.39 is 6.10 Å². The third-order valence-corrected chi connectivity index (χ3v) is 2.80. The summed E-state index contributed by atoms with van der Waals surface area (Å²) in [5, 5.41) is 9.63. The van der Waals surface area contributed by atoms with Gasteiger partial charge in [-0.05, 0) is 0 Å². The fourth-order valence-electron chi connectivity index (χ4n) is 1.97. The number of ether oxygens (including phenoxy) is 1. The van der Waals surface area contributed by atoms with Gasteiger partial charge in [-0.2, -0.15) is 12.8 Å². The number of rotatable bonds is 3. The molecule has 0 spiro atoms. The van der Waals surface area contributed by atoms with E-state index in [1.54, 1.807) is 0 Å². The second-order valence-electron chi connectivity index (χ2n) is 3.79. The number of methoxy groups -OCH3 is 1. The average molecular weight is 287 g/mol. The summed E-state index contributed by atoms with van der Waals surface area (Å²) in [5.41, 5.74) is 0. The molecule has 1 saturated carbocycles. The SMILES string of the molecule is [CH2-]CC[C-]1CCC(O)C(C(=O)OC)C1.[Y]. The predicted molar refractivity (Wildman–Crippen MR) is 53.2 cm³/mol. The third kappa shape index (κ3) is 4.50. The van der Waals surface area contributed by atoms with E-state index in [0.29, 0.717) is 12.8 Å². The van der Waals surface area contributed by atoms with Crippen LogP contribution >= 0.6 is 0 Å². The largest absolute Gasteiger partial charge is 0.469 e. The number of carbonyl (C=O) groups excluding carboxylic acids is 1. The van der Waals surface area contributed by atoms with Gasteiger partial charge in [0, 0.05) is 32.7 Å². The molecule has 2 unspecified atom stereocenters. The molecule has 3 nitrogen and oxygen atoms in total. The number of aliphatic hydroxyl groups excluding tert-OH is 1. The molecule has 85 valence electrons. The van der Waals surface area contributed by atoms with Crippen LogP contribution in [0.3, 0.4) is 0 Å². The first kappa shape index (κ1) is 15.5. The minimum atomic E-state index is -0.531. The van der Waals surface area contributed by atoms with Gasteiger partial charge in [0.1, 0.15) is 0 Å². The molecule has 1 rings (SSSR count). The molecule has 1 fully saturated rings. The van der Waals surface area contributed by atoms with Gasteiger partial charge in [-0.3, -0.25) is 4.79 Å². The number of carbonyl (C=O) groups is 1. The molecule has 2 atom stereocenters. The Kier molecular flexibility index (Phi) is 8.03. The maximum Gasteiger partial charge on any atom is 0.308 e. The zero-order valence-electron chi connectivity index (χ0n) is 9.24.